The zero-order chi connectivity index (χ0) is 22.6. The van der Waals surface area contributed by atoms with E-state index in [1.54, 1.807) is 12.0 Å². The predicted molar refractivity (Wildman–Crippen MR) is 126 cm³/mol. The number of amides is 1. The molecule has 2 saturated heterocycles. The van der Waals surface area contributed by atoms with E-state index < -0.39 is 9.84 Å². The van der Waals surface area contributed by atoms with E-state index in [-0.39, 0.29) is 23.5 Å². The van der Waals surface area contributed by atoms with Crippen LogP contribution >= 0.6 is 0 Å². The lowest BCUT2D eigenvalue weighted by Crippen LogP contribution is -2.52. The molecule has 0 N–H and O–H groups in total. The molecule has 1 amide bonds. The Labute approximate surface area is 190 Å². The fourth-order valence-corrected chi connectivity index (χ4v) is 6.51. The van der Waals surface area contributed by atoms with Crippen LogP contribution in [0.25, 0.3) is 10.8 Å². The molecule has 2 aliphatic rings. The Kier molecular flexibility index (Phi) is 7.45. The van der Waals surface area contributed by atoms with E-state index in [4.69, 9.17) is 4.74 Å². The Morgan fingerprint density at radius 2 is 1.78 bits per heavy atom. The van der Waals surface area contributed by atoms with E-state index in [0.29, 0.717) is 26.1 Å². The second-order valence-electron chi connectivity index (χ2n) is 8.83. The Morgan fingerprint density at radius 3 is 2.50 bits per heavy atom. The summed E-state index contributed by atoms with van der Waals surface area (Å²) in [5.74, 6) is 0.245. The second kappa shape index (κ2) is 10.3. The van der Waals surface area contributed by atoms with Crippen LogP contribution in [-0.2, 0) is 25.9 Å². The lowest BCUT2D eigenvalue weighted by atomic mass is 10.0. The van der Waals surface area contributed by atoms with Gasteiger partial charge >= 0.3 is 0 Å². The highest BCUT2D eigenvalue weighted by molar-refractivity contribution is 7.91. The number of piperazine rings is 1. The van der Waals surface area contributed by atoms with Gasteiger partial charge in [-0.25, -0.2) is 8.42 Å². The molecule has 0 aromatic heterocycles. The number of ether oxygens (including phenoxy) is 1. The molecule has 174 valence electrons. The third-order valence-corrected chi connectivity index (χ3v) is 8.35. The highest BCUT2D eigenvalue weighted by Crippen LogP contribution is 2.21. The van der Waals surface area contributed by atoms with Crippen LogP contribution in [0.1, 0.15) is 12.0 Å². The average Bonchev–Trinajstić information content (AvgIpc) is 3.15. The quantitative estimate of drug-likeness (QED) is 0.598. The van der Waals surface area contributed by atoms with Gasteiger partial charge in [0.15, 0.2) is 9.84 Å². The number of rotatable bonds is 8. The molecule has 0 saturated carbocycles. The smallest absolute Gasteiger partial charge is 0.237 e. The molecule has 2 aliphatic heterocycles. The zero-order valence-electron chi connectivity index (χ0n) is 18.8. The van der Waals surface area contributed by atoms with Crippen molar-refractivity contribution in [2.45, 2.75) is 19.0 Å². The first-order valence-corrected chi connectivity index (χ1v) is 13.2. The molecule has 4 rings (SSSR count). The Morgan fingerprint density at radius 1 is 1.06 bits per heavy atom. The SMILES string of the molecule is COCCN(C(=O)CN1CCN(Cc2cccc3ccccc23)CC1)[C@@H]1CCS(=O)(=O)C1. The maximum atomic E-state index is 13.1. The number of nitrogens with zero attached hydrogens (tertiary/aromatic N) is 3. The van der Waals surface area contributed by atoms with Crippen LogP contribution in [-0.4, -0.2) is 99.6 Å². The molecule has 0 bridgehead atoms. The third-order valence-electron chi connectivity index (χ3n) is 6.60. The largest absolute Gasteiger partial charge is 0.383 e. The van der Waals surface area contributed by atoms with Gasteiger partial charge in [-0.05, 0) is 22.8 Å². The molecule has 0 aliphatic carbocycles. The zero-order valence-corrected chi connectivity index (χ0v) is 19.6. The first-order chi connectivity index (χ1) is 15.4. The van der Waals surface area contributed by atoms with Gasteiger partial charge in [0.1, 0.15) is 0 Å². The van der Waals surface area contributed by atoms with Crippen LogP contribution in [0.5, 0.6) is 0 Å². The minimum Gasteiger partial charge on any atom is -0.383 e. The maximum absolute atomic E-state index is 13.1. The number of carbonyl (C=O) groups excluding carboxylic acids is 1. The van der Waals surface area contributed by atoms with Crippen molar-refractivity contribution >= 4 is 26.5 Å². The van der Waals surface area contributed by atoms with Crippen molar-refractivity contribution in [1.29, 1.82) is 0 Å². The van der Waals surface area contributed by atoms with E-state index >= 15 is 0 Å². The standard InChI is InChI=1S/C24H33N3O4S/c1-31-15-14-27(22-9-16-32(29,30)19-22)24(28)18-26-12-10-25(11-13-26)17-21-7-4-6-20-5-2-3-8-23(20)21/h2-8,22H,9-19H2,1H3/t22-/m1/s1. The lowest BCUT2D eigenvalue weighted by molar-refractivity contribution is -0.135. The molecule has 32 heavy (non-hydrogen) atoms. The topological polar surface area (TPSA) is 70.2 Å². The minimum absolute atomic E-state index is 0.00616. The van der Waals surface area contributed by atoms with Crippen molar-refractivity contribution in [2.75, 3.05) is 64.5 Å². The van der Waals surface area contributed by atoms with Crippen molar-refractivity contribution in [3.63, 3.8) is 0 Å². The molecule has 7 nitrogen and oxygen atoms in total. The molecule has 0 spiro atoms. The van der Waals surface area contributed by atoms with Gasteiger partial charge < -0.3 is 9.64 Å². The van der Waals surface area contributed by atoms with Crippen LogP contribution in [0.3, 0.4) is 0 Å². The molecule has 2 fully saturated rings. The van der Waals surface area contributed by atoms with E-state index in [1.807, 2.05) is 0 Å². The Balaban J connectivity index is 1.32. The van der Waals surface area contributed by atoms with Gasteiger partial charge in [-0.15, -0.1) is 0 Å². The molecule has 2 aromatic carbocycles. The van der Waals surface area contributed by atoms with E-state index in [9.17, 15) is 13.2 Å². The Bertz CT molecular complexity index is 1030. The summed E-state index contributed by atoms with van der Waals surface area (Å²) in [5, 5.41) is 2.56. The third kappa shape index (κ3) is 5.67. The number of hydrogen-bond acceptors (Lipinski definition) is 6. The lowest BCUT2D eigenvalue weighted by Gasteiger charge is -2.36. The van der Waals surface area contributed by atoms with E-state index in [2.05, 4.69) is 52.3 Å². The van der Waals surface area contributed by atoms with Crippen LogP contribution < -0.4 is 0 Å². The monoisotopic (exact) mass is 459 g/mol. The summed E-state index contributed by atoms with van der Waals surface area (Å²) < 4.78 is 29.0. The maximum Gasteiger partial charge on any atom is 0.237 e. The van der Waals surface area contributed by atoms with Crippen molar-refractivity contribution in [3.05, 3.63) is 48.0 Å². The fraction of sp³-hybridized carbons (Fsp3) is 0.542. The number of sulfone groups is 1. The molecule has 0 radical (unpaired) electrons. The molecular formula is C24H33N3O4S. The predicted octanol–water partition coefficient (Wildman–Crippen LogP) is 1.62. The number of benzene rings is 2. The second-order valence-corrected chi connectivity index (χ2v) is 11.1. The molecule has 0 unspecified atom stereocenters. The van der Waals surface area contributed by atoms with Gasteiger partial charge in [0.25, 0.3) is 0 Å². The molecule has 2 heterocycles. The normalized spacial score (nSPS) is 21.7. The van der Waals surface area contributed by atoms with E-state index in [0.717, 1.165) is 32.7 Å². The summed E-state index contributed by atoms with van der Waals surface area (Å²) in [7, 11) is -1.44. The van der Waals surface area contributed by atoms with E-state index in [1.165, 1.54) is 16.3 Å². The van der Waals surface area contributed by atoms with Crippen molar-refractivity contribution in [2.24, 2.45) is 0 Å². The summed E-state index contributed by atoms with van der Waals surface area (Å²) in [6.07, 6.45) is 0.524. The van der Waals surface area contributed by atoms with Gasteiger partial charge in [0.05, 0.1) is 24.7 Å². The van der Waals surface area contributed by atoms with Crippen molar-refractivity contribution < 1.29 is 17.9 Å². The molecule has 2 aromatic rings. The first-order valence-electron chi connectivity index (χ1n) is 11.4. The summed E-state index contributed by atoms with van der Waals surface area (Å²) in [5.41, 5.74) is 1.33. The van der Waals surface area contributed by atoms with Gasteiger partial charge in [-0.2, -0.15) is 0 Å². The number of methoxy groups -OCH3 is 1. The number of carbonyl (C=O) groups is 1. The number of fused-ring (bicyclic) bond motifs is 1. The first kappa shape index (κ1) is 23.2. The van der Waals surface area contributed by atoms with Crippen molar-refractivity contribution in [3.8, 4) is 0 Å². The number of hydrogen-bond donors (Lipinski definition) is 0. The highest BCUT2D eigenvalue weighted by atomic mass is 32.2. The molecule has 1 atom stereocenters. The minimum atomic E-state index is -3.04. The van der Waals surface area contributed by atoms with Gasteiger partial charge in [0, 0.05) is 52.4 Å². The van der Waals surface area contributed by atoms with Crippen LogP contribution in [0.15, 0.2) is 42.5 Å². The molecule has 8 heteroatoms. The van der Waals surface area contributed by atoms with Crippen LogP contribution in [0, 0.1) is 0 Å². The van der Waals surface area contributed by atoms with Crippen LogP contribution in [0.2, 0.25) is 0 Å². The van der Waals surface area contributed by atoms with Crippen LogP contribution in [0.4, 0.5) is 0 Å². The average molecular weight is 460 g/mol. The van der Waals surface area contributed by atoms with Crippen molar-refractivity contribution in [1.82, 2.24) is 14.7 Å². The summed E-state index contributed by atoms with van der Waals surface area (Å²) in [4.78, 5) is 19.4. The molecular weight excluding hydrogens is 426 g/mol. The fourth-order valence-electron chi connectivity index (χ4n) is 4.78. The highest BCUT2D eigenvalue weighted by Gasteiger charge is 2.35. The summed E-state index contributed by atoms with van der Waals surface area (Å²) in [6, 6.07) is 14.7. The summed E-state index contributed by atoms with van der Waals surface area (Å²) >= 11 is 0. The van der Waals surface area contributed by atoms with Gasteiger partial charge in [-0.3, -0.25) is 14.6 Å². The van der Waals surface area contributed by atoms with Gasteiger partial charge in [0.2, 0.25) is 5.91 Å². The summed E-state index contributed by atoms with van der Waals surface area (Å²) in [6.45, 7) is 5.58. The van der Waals surface area contributed by atoms with Gasteiger partial charge in [-0.1, -0.05) is 42.5 Å². The Hall–Kier alpha value is -2.00.